The maximum atomic E-state index is 8.26. The molecule has 0 N–H and O–H groups in total. The summed E-state index contributed by atoms with van der Waals surface area (Å²) in [5, 5.41) is 12.0. The molecule has 0 radical (unpaired) electrons. The summed E-state index contributed by atoms with van der Waals surface area (Å²) in [6.07, 6.45) is 0. The molecule has 10 aromatic rings. The van der Waals surface area contributed by atoms with E-state index in [2.05, 4.69) is 97.1 Å². The molecule has 0 saturated heterocycles. The van der Waals surface area contributed by atoms with Gasteiger partial charge in [0.05, 0.1) is 0 Å². The number of halogens is 2. The Morgan fingerprint density at radius 3 is 0.949 bits per heavy atom. The number of hydrogen-bond acceptors (Lipinski definition) is 6. The van der Waals surface area contributed by atoms with Gasteiger partial charge in [0.2, 0.25) is 0 Å². The zero-order valence-electron chi connectivity index (χ0n) is 30.7. The SMILES string of the molecule is [Cl][Ge]1([Cl])[n]2c3c4cc5ccccc5cc4c2N=C2N=C(N=c4c5cc6ccccc6cc5c([n]41)=NC1=NC(=N3)c3cc4ccccc4cc31)c1cc3ccccc3cc12. The predicted octanol–water partition coefficient (Wildman–Crippen LogP) is 10.5. The molecule has 6 heterocycles. The number of hydrogen-bond donors (Lipinski definition) is 0. The number of rotatable bonds is 0. The van der Waals surface area contributed by atoms with E-state index in [4.69, 9.17) is 50.0 Å². The first-order chi connectivity index (χ1) is 28.9. The van der Waals surface area contributed by atoms with Gasteiger partial charge in [0.25, 0.3) is 0 Å². The van der Waals surface area contributed by atoms with Gasteiger partial charge in [-0.05, 0) is 0 Å². The van der Waals surface area contributed by atoms with Crippen LogP contribution in [-0.2, 0) is 0 Å². The van der Waals surface area contributed by atoms with Crippen LogP contribution < -0.4 is 11.0 Å². The van der Waals surface area contributed by atoms with Gasteiger partial charge < -0.3 is 0 Å². The Morgan fingerprint density at radius 1 is 0.322 bits per heavy atom. The Labute approximate surface area is 345 Å². The van der Waals surface area contributed by atoms with Gasteiger partial charge in [-0.1, -0.05) is 0 Å². The van der Waals surface area contributed by atoms with Crippen LogP contribution >= 0.6 is 20.0 Å². The molecule has 0 spiro atoms. The molecule has 11 heteroatoms. The van der Waals surface area contributed by atoms with E-state index >= 15 is 0 Å². The molecule has 0 saturated carbocycles. The monoisotopic (exact) mass is 856 g/mol. The van der Waals surface area contributed by atoms with Crippen molar-refractivity contribution in [1.29, 1.82) is 0 Å². The van der Waals surface area contributed by atoms with Gasteiger partial charge in [0, 0.05) is 0 Å². The second-order valence-electron chi connectivity index (χ2n) is 15.4. The van der Waals surface area contributed by atoms with Gasteiger partial charge in [-0.25, -0.2) is 0 Å². The Bertz CT molecular complexity index is 3700. The minimum atomic E-state index is -4.86. The fourth-order valence-electron chi connectivity index (χ4n) is 9.36. The summed E-state index contributed by atoms with van der Waals surface area (Å²) in [6, 6.07) is 50.6. The average molecular weight is 856 g/mol. The predicted molar refractivity (Wildman–Crippen MR) is 243 cm³/mol. The molecule has 4 aliphatic rings. The topological polar surface area (TPSA) is 84.0 Å². The number of amidine groups is 4. The molecule has 0 amide bonds. The van der Waals surface area contributed by atoms with Crippen LogP contribution in [0.4, 0.5) is 11.6 Å². The first-order valence-corrected chi connectivity index (χ1v) is 26.7. The van der Waals surface area contributed by atoms with E-state index < -0.39 is 11.9 Å². The Balaban J connectivity index is 1.25. The van der Waals surface area contributed by atoms with Crippen molar-refractivity contribution in [2.45, 2.75) is 0 Å². The number of aliphatic imine (C=N–C) groups is 4. The molecule has 6 bridgehead atoms. The van der Waals surface area contributed by atoms with Crippen molar-refractivity contribution in [2.75, 3.05) is 0 Å². The molecule has 8 nitrogen and oxygen atoms in total. The molecule has 14 rings (SSSR count). The third-order valence-corrected chi connectivity index (χ3v) is 19.7. The van der Waals surface area contributed by atoms with Crippen LogP contribution in [0.5, 0.6) is 0 Å². The van der Waals surface area contributed by atoms with Crippen molar-refractivity contribution >= 4 is 131 Å². The number of benzene rings is 8. The van der Waals surface area contributed by atoms with Crippen molar-refractivity contribution < 1.29 is 0 Å². The molecular formula is C48H24Cl2GeN8. The quantitative estimate of drug-likeness (QED) is 0.136. The van der Waals surface area contributed by atoms with E-state index in [1.165, 1.54) is 0 Å². The number of nitrogens with zero attached hydrogens (tertiary/aromatic N) is 8. The maximum absolute atomic E-state index is 8.26. The number of aromatic nitrogens is 2. The Kier molecular flexibility index (Phi) is 6.16. The van der Waals surface area contributed by atoms with Crippen molar-refractivity contribution in [1.82, 2.24) is 7.05 Å². The van der Waals surface area contributed by atoms with Crippen LogP contribution in [0.25, 0.3) is 64.6 Å². The van der Waals surface area contributed by atoms with Crippen molar-refractivity contribution in [3.63, 3.8) is 0 Å². The molecule has 0 aliphatic carbocycles. The summed E-state index contributed by atoms with van der Waals surface area (Å²) in [5.74, 6) is 3.31. The van der Waals surface area contributed by atoms with E-state index in [9.17, 15) is 0 Å². The summed E-state index contributed by atoms with van der Waals surface area (Å²) >= 11 is -4.86. The molecule has 4 aliphatic heterocycles. The second kappa shape index (κ2) is 11.3. The summed E-state index contributed by atoms with van der Waals surface area (Å²) in [5.41, 5.74) is 4.69. The number of fused-ring (bicyclic) bond motifs is 18. The van der Waals surface area contributed by atoms with Gasteiger partial charge in [0.15, 0.2) is 0 Å². The van der Waals surface area contributed by atoms with Crippen molar-refractivity contribution in [3.05, 3.63) is 179 Å². The van der Waals surface area contributed by atoms with E-state index in [-0.39, 0.29) is 0 Å². The molecule has 0 unspecified atom stereocenters. The van der Waals surface area contributed by atoms with Crippen LogP contribution in [0.3, 0.4) is 0 Å². The standard InChI is InChI=1S/C48H24Cl2GeN8/c49-51(50)58-45-37-21-29-13-5-6-14-30(29)22-38(37)47(58)56-43-35-19-27-11-3-4-12-28(27)20-36(35)44(53-43)57-48-40-24-32-16-8-7-15-31(32)23-39(40)46(59(48)51)55-42-34-18-26-10-2-1-9-25(26)17-33(34)41(52-42)54-45/h1-24H. The van der Waals surface area contributed by atoms with Crippen LogP contribution in [-0.4, -0.2) is 42.2 Å². The van der Waals surface area contributed by atoms with Crippen LogP contribution in [0.2, 0.25) is 0 Å². The summed E-state index contributed by atoms with van der Waals surface area (Å²) in [7, 11) is 16.5. The van der Waals surface area contributed by atoms with Gasteiger partial charge in [-0.2, -0.15) is 0 Å². The minimum absolute atomic E-state index is 0.536. The normalized spacial score (nSPS) is 15.8. The van der Waals surface area contributed by atoms with Crippen molar-refractivity contribution in [2.24, 2.45) is 30.0 Å². The second-order valence-corrected chi connectivity index (χ2v) is 25.9. The third kappa shape index (κ3) is 4.35. The van der Waals surface area contributed by atoms with E-state index in [1.807, 2.05) is 55.6 Å². The first kappa shape index (κ1) is 32.3. The summed E-state index contributed by atoms with van der Waals surface area (Å²) < 4.78 is 4.00. The molecule has 2 aromatic heterocycles. The van der Waals surface area contributed by atoms with Gasteiger partial charge in [0.1, 0.15) is 0 Å². The molecule has 59 heavy (non-hydrogen) atoms. The molecule has 274 valence electrons. The molecule has 8 aromatic carbocycles. The van der Waals surface area contributed by atoms with Crippen LogP contribution in [0.1, 0.15) is 22.3 Å². The van der Waals surface area contributed by atoms with E-state index in [1.54, 1.807) is 0 Å². The zero-order valence-corrected chi connectivity index (χ0v) is 34.3. The van der Waals surface area contributed by atoms with Gasteiger partial charge >= 0.3 is 347 Å². The Hall–Kier alpha value is -6.72. The van der Waals surface area contributed by atoms with E-state index in [0.717, 1.165) is 86.9 Å². The van der Waals surface area contributed by atoms with Gasteiger partial charge in [-0.15, -0.1) is 0 Å². The Morgan fingerprint density at radius 2 is 0.610 bits per heavy atom. The third-order valence-electron chi connectivity index (χ3n) is 12.1. The zero-order chi connectivity index (χ0) is 38.7. The molecular weight excluding hydrogens is 832 g/mol. The fraction of sp³-hybridized carbons (Fsp3) is 0. The fourth-order valence-corrected chi connectivity index (χ4v) is 16.7. The van der Waals surface area contributed by atoms with Gasteiger partial charge in [-0.3, -0.25) is 0 Å². The summed E-state index contributed by atoms with van der Waals surface area (Å²) in [6.45, 7) is 0. The van der Waals surface area contributed by atoms with Crippen LogP contribution in [0.15, 0.2) is 176 Å². The summed E-state index contributed by atoms with van der Waals surface area (Å²) in [4.78, 5) is 32.5. The molecule has 0 fully saturated rings. The first-order valence-electron chi connectivity index (χ1n) is 19.3. The van der Waals surface area contributed by atoms with E-state index in [0.29, 0.717) is 46.0 Å². The van der Waals surface area contributed by atoms with Crippen molar-refractivity contribution in [3.8, 4) is 0 Å². The van der Waals surface area contributed by atoms with Crippen LogP contribution in [0, 0.1) is 0 Å². The molecule has 0 atom stereocenters. The average Bonchev–Trinajstić information content (AvgIpc) is 3.95.